The van der Waals surface area contributed by atoms with Crippen molar-refractivity contribution in [1.29, 1.82) is 0 Å². The normalized spacial score (nSPS) is 30.8. The lowest BCUT2D eigenvalue weighted by atomic mass is 9.94. The zero-order valence-corrected chi connectivity index (χ0v) is 9.53. The summed E-state index contributed by atoms with van der Waals surface area (Å²) in [4.78, 5) is 0. The molecule has 0 N–H and O–H groups in total. The summed E-state index contributed by atoms with van der Waals surface area (Å²) in [5.74, 6) is 0. The first-order valence-electron chi connectivity index (χ1n) is 5.69. The van der Waals surface area contributed by atoms with Crippen molar-refractivity contribution in [2.45, 2.75) is 31.5 Å². The number of benzene rings is 1. The van der Waals surface area contributed by atoms with Gasteiger partial charge in [0.2, 0.25) is 0 Å². The van der Waals surface area contributed by atoms with Gasteiger partial charge < -0.3 is 4.74 Å². The molecular formula is C14H17FO. The van der Waals surface area contributed by atoms with E-state index in [0.29, 0.717) is 19.4 Å². The Morgan fingerprint density at radius 2 is 2.12 bits per heavy atom. The van der Waals surface area contributed by atoms with Crippen molar-refractivity contribution in [1.82, 2.24) is 0 Å². The molecule has 1 saturated heterocycles. The molecular weight excluding hydrogens is 203 g/mol. The van der Waals surface area contributed by atoms with Crippen LogP contribution in [0, 0.1) is 0 Å². The summed E-state index contributed by atoms with van der Waals surface area (Å²) in [7, 11) is 0. The molecule has 86 valence electrons. The number of halogens is 1. The summed E-state index contributed by atoms with van der Waals surface area (Å²) >= 11 is 0. The van der Waals surface area contributed by atoms with Crippen LogP contribution in [0.5, 0.6) is 0 Å². The molecule has 0 spiro atoms. The summed E-state index contributed by atoms with van der Waals surface area (Å²) in [6.07, 6.45) is 4.81. The zero-order chi connectivity index (χ0) is 11.4. The first kappa shape index (κ1) is 11.3. The highest BCUT2D eigenvalue weighted by molar-refractivity contribution is 5.49. The van der Waals surface area contributed by atoms with Crippen molar-refractivity contribution >= 4 is 6.08 Å². The molecule has 0 aliphatic carbocycles. The van der Waals surface area contributed by atoms with Gasteiger partial charge in [0.1, 0.15) is 5.67 Å². The fraction of sp³-hybridized carbons (Fsp3) is 0.429. The third-order valence-corrected chi connectivity index (χ3v) is 2.88. The average molecular weight is 220 g/mol. The Morgan fingerprint density at radius 1 is 1.38 bits per heavy atom. The maximum absolute atomic E-state index is 13.7. The van der Waals surface area contributed by atoms with Gasteiger partial charge in [0, 0.05) is 12.8 Å². The summed E-state index contributed by atoms with van der Waals surface area (Å²) in [5, 5.41) is 0. The molecule has 1 aromatic rings. The van der Waals surface area contributed by atoms with E-state index in [2.05, 4.69) is 0 Å². The number of hydrogen-bond donors (Lipinski definition) is 0. The van der Waals surface area contributed by atoms with Gasteiger partial charge >= 0.3 is 0 Å². The van der Waals surface area contributed by atoms with Crippen LogP contribution in [0.3, 0.4) is 0 Å². The van der Waals surface area contributed by atoms with E-state index in [4.69, 9.17) is 4.74 Å². The van der Waals surface area contributed by atoms with Gasteiger partial charge in [-0.15, -0.1) is 0 Å². The topological polar surface area (TPSA) is 9.23 Å². The van der Waals surface area contributed by atoms with Crippen molar-refractivity contribution < 1.29 is 9.13 Å². The Labute approximate surface area is 95.9 Å². The molecule has 1 heterocycles. The molecule has 1 aliphatic heterocycles. The summed E-state index contributed by atoms with van der Waals surface area (Å²) < 4.78 is 19.2. The second-order valence-corrected chi connectivity index (χ2v) is 4.55. The quantitative estimate of drug-likeness (QED) is 0.739. The van der Waals surface area contributed by atoms with Crippen molar-refractivity contribution in [2.75, 3.05) is 6.61 Å². The van der Waals surface area contributed by atoms with Crippen LogP contribution in [0.1, 0.15) is 25.3 Å². The van der Waals surface area contributed by atoms with E-state index in [-0.39, 0.29) is 6.10 Å². The van der Waals surface area contributed by atoms with Gasteiger partial charge in [-0.2, -0.15) is 0 Å². The van der Waals surface area contributed by atoms with E-state index in [0.717, 1.165) is 5.56 Å². The fourth-order valence-electron chi connectivity index (χ4n) is 1.91. The SMILES string of the molecule is CC1(F)CCOC(/C=C/c2ccccc2)C1. The molecule has 0 amide bonds. The highest BCUT2D eigenvalue weighted by Gasteiger charge is 2.31. The Balaban J connectivity index is 1.97. The van der Waals surface area contributed by atoms with E-state index in [9.17, 15) is 4.39 Å². The molecule has 1 nitrogen and oxygen atoms in total. The largest absolute Gasteiger partial charge is 0.374 e. The Hall–Kier alpha value is -1.15. The third-order valence-electron chi connectivity index (χ3n) is 2.88. The van der Waals surface area contributed by atoms with Crippen LogP contribution in [0.2, 0.25) is 0 Å². The van der Waals surface area contributed by atoms with E-state index >= 15 is 0 Å². The first-order chi connectivity index (χ1) is 7.66. The van der Waals surface area contributed by atoms with Crippen LogP contribution < -0.4 is 0 Å². The maximum atomic E-state index is 13.7. The molecule has 2 heteroatoms. The van der Waals surface area contributed by atoms with Gasteiger partial charge in [-0.3, -0.25) is 0 Å². The molecule has 0 radical (unpaired) electrons. The van der Waals surface area contributed by atoms with Gasteiger partial charge in [0.15, 0.2) is 0 Å². The highest BCUT2D eigenvalue weighted by Crippen LogP contribution is 2.28. The van der Waals surface area contributed by atoms with Crippen molar-refractivity contribution in [3.63, 3.8) is 0 Å². The molecule has 0 bridgehead atoms. The van der Waals surface area contributed by atoms with Gasteiger partial charge in [0.25, 0.3) is 0 Å². The minimum atomic E-state index is -1.08. The minimum Gasteiger partial charge on any atom is -0.374 e. The monoisotopic (exact) mass is 220 g/mol. The third kappa shape index (κ3) is 3.17. The lowest BCUT2D eigenvalue weighted by Gasteiger charge is -2.30. The van der Waals surface area contributed by atoms with Crippen LogP contribution in [-0.4, -0.2) is 18.4 Å². The molecule has 16 heavy (non-hydrogen) atoms. The van der Waals surface area contributed by atoms with Gasteiger partial charge in [0.05, 0.1) is 12.7 Å². The number of alkyl halides is 1. The molecule has 2 atom stereocenters. The second-order valence-electron chi connectivity index (χ2n) is 4.55. The van der Waals surface area contributed by atoms with E-state index in [1.165, 1.54) is 0 Å². The summed E-state index contributed by atoms with van der Waals surface area (Å²) in [6.45, 7) is 2.16. The van der Waals surface area contributed by atoms with Crippen LogP contribution in [0.4, 0.5) is 4.39 Å². The van der Waals surface area contributed by atoms with Gasteiger partial charge in [-0.25, -0.2) is 4.39 Å². The second kappa shape index (κ2) is 4.79. The van der Waals surface area contributed by atoms with Crippen molar-refractivity contribution in [3.8, 4) is 0 Å². The Bertz CT molecular complexity index is 356. The lowest BCUT2D eigenvalue weighted by molar-refractivity contribution is -0.0330. The molecule has 2 rings (SSSR count). The predicted molar refractivity (Wildman–Crippen MR) is 64.0 cm³/mol. The smallest absolute Gasteiger partial charge is 0.113 e. The molecule has 1 aliphatic rings. The number of ether oxygens (including phenoxy) is 1. The van der Waals surface area contributed by atoms with Gasteiger partial charge in [-0.1, -0.05) is 42.5 Å². The molecule has 2 unspecified atom stereocenters. The Kier molecular flexibility index (Phi) is 3.39. The van der Waals surface area contributed by atoms with Crippen LogP contribution in [0.25, 0.3) is 6.08 Å². The van der Waals surface area contributed by atoms with Crippen molar-refractivity contribution in [3.05, 3.63) is 42.0 Å². The van der Waals surface area contributed by atoms with E-state index < -0.39 is 5.67 Å². The van der Waals surface area contributed by atoms with Crippen LogP contribution in [0.15, 0.2) is 36.4 Å². The summed E-state index contributed by atoms with van der Waals surface area (Å²) in [6, 6.07) is 10.00. The molecule has 1 aromatic carbocycles. The van der Waals surface area contributed by atoms with Gasteiger partial charge in [-0.05, 0) is 12.5 Å². The lowest BCUT2D eigenvalue weighted by Crippen LogP contribution is -2.33. The molecule has 0 saturated carbocycles. The standard InChI is InChI=1S/C14H17FO/c1-14(15)9-10-16-13(11-14)8-7-12-5-3-2-4-6-12/h2-8,13H,9-11H2,1H3/b8-7+. The average Bonchev–Trinajstić information content (AvgIpc) is 2.27. The number of rotatable bonds is 2. The summed E-state index contributed by atoms with van der Waals surface area (Å²) in [5.41, 5.74) is 0.0430. The van der Waals surface area contributed by atoms with E-state index in [1.807, 2.05) is 42.5 Å². The number of hydrogen-bond acceptors (Lipinski definition) is 1. The maximum Gasteiger partial charge on any atom is 0.113 e. The zero-order valence-electron chi connectivity index (χ0n) is 9.53. The minimum absolute atomic E-state index is 0.0936. The molecule has 1 fully saturated rings. The van der Waals surface area contributed by atoms with E-state index in [1.54, 1.807) is 6.92 Å². The van der Waals surface area contributed by atoms with Crippen LogP contribution >= 0.6 is 0 Å². The Morgan fingerprint density at radius 3 is 2.81 bits per heavy atom. The first-order valence-corrected chi connectivity index (χ1v) is 5.69. The predicted octanol–water partition coefficient (Wildman–Crippen LogP) is 3.61. The van der Waals surface area contributed by atoms with Crippen molar-refractivity contribution in [2.24, 2.45) is 0 Å². The molecule has 0 aromatic heterocycles. The highest BCUT2D eigenvalue weighted by atomic mass is 19.1. The van der Waals surface area contributed by atoms with Crippen LogP contribution in [-0.2, 0) is 4.74 Å². The fourth-order valence-corrected chi connectivity index (χ4v) is 1.91.